The highest BCUT2D eigenvalue weighted by atomic mass is 16.5. The summed E-state index contributed by atoms with van der Waals surface area (Å²) >= 11 is 0. The first-order valence-corrected chi connectivity index (χ1v) is 7.73. The van der Waals surface area contributed by atoms with Crippen molar-refractivity contribution in [2.45, 2.75) is 39.0 Å². The lowest BCUT2D eigenvalue weighted by molar-refractivity contribution is -0.121. The van der Waals surface area contributed by atoms with Crippen LogP contribution in [0.4, 0.5) is 0 Å². The zero-order valence-electron chi connectivity index (χ0n) is 13.8. The van der Waals surface area contributed by atoms with Gasteiger partial charge < -0.3 is 14.6 Å². The number of benzene rings is 1. The van der Waals surface area contributed by atoms with E-state index in [2.05, 4.69) is 15.5 Å². The van der Waals surface area contributed by atoms with Gasteiger partial charge in [0.2, 0.25) is 11.8 Å². The zero-order valence-corrected chi connectivity index (χ0v) is 13.8. The number of nitrogens with one attached hydrogen (secondary N) is 1. The van der Waals surface area contributed by atoms with Crippen LogP contribution < -0.4 is 10.1 Å². The number of carbonyl (C=O) groups excluding carboxylic acids is 1. The number of para-hydroxylation sites is 1. The zero-order chi connectivity index (χ0) is 16.7. The van der Waals surface area contributed by atoms with E-state index in [9.17, 15) is 4.79 Å². The van der Waals surface area contributed by atoms with Crippen molar-refractivity contribution in [3.05, 3.63) is 42.0 Å². The van der Waals surface area contributed by atoms with Crippen LogP contribution in [0.3, 0.4) is 0 Å². The maximum absolute atomic E-state index is 11.7. The molecule has 1 aromatic heterocycles. The van der Waals surface area contributed by atoms with Crippen molar-refractivity contribution in [3.63, 3.8) is 0 Å². The summed E-state index contributed by atoms with van der Waals surface area (Å²) in [5, 5.41) is 6.74. The summed E-state index contributed by atoms with van der Waals surface area (Å²) in [6.45, 7) is 6.87. The third kappa shape index (κ3) is 5.73. The molecule has 6 nitrogen and oxygen atoms in total. The molecule has 1 heterocycles. The van der Waals surface area contributed by atoms with Gasteiger partial charge in [-0.05, 0) is 12.1 Å². The van der Waals surface area contributed by atoms with Crippen LogP contribution in [-0.2, 0) is 16.6 Å². The maximum Gasteiger partial charge on any atom is 0.232 e. The summed E-state index contributed by atoms with van der Waals surface area (Å²) < 4.78 is 10.7. The summed E-state index contributed by atoms with van der Waals surface area (Å²) in [4.78, 5) is 16.1. The first-order valence-electron chi connectivity index (χ1n) is 7.73. The summed E-state index contributed by atoms with van der Waals surface area (Å²) in [6, 6.07) is 9.43. The molecule has 0 spiro atoms. The summed E-state index contributed by atoms with van der Waals surface area (Å²) in [7, 11) is 0. The molecule has 124 valence electrons. The Morgan fingerprint density at radius 2 is 2.00 bits per heavy atom. The highest BCUT2D eigenvalue weighted by Crippen LogP contribution is 2.19. The molecular weight excluding hydrogens is 294 g/mol. The maximum atomic E-state index is 11.7. The van der Waals surface area contributed by atoms with E-state index in [-0.39, 0.29) is 11.3 Å². The molecule has 1 N–H and O–H groups in total. The molecule has 2 aromatic rings. The number of aromatic nitrogens is 2. The monoisotopic (exact) mass is 317 g/mol. The van der Waals surface area contributed by atoms with E-state index in [1.54, 1.807) is 0 Å². The van der Waals surface area contributed by atoms with Crippen LogP contribution in [0, 0.1) is 0 Å². The van der Waals surface area contributed by atoms with E-state index in [0.717, 1.165) is 5.75 Å². The first kappa shape index (κ1) is 17.0. The van der Waals surface area contributed by atoms with Crippen LogP contribution in [0.15, 0.2) is 34.9 Å². The van der Waals surface area contributed by atoms with Gasteiger partial charge in [0.25, 0.3) is 0 Å². The number of amides is 1. The van der Waals surface area contributed by atoms with E-state index < -0.39 is 0 Å². The molecule has 0 fully saturated rings. The fourth-order valence-electron chi connectivity index (χ4n) is 1.84. The van der Waals surface area contributed by atoms with Crippen LogP contribution in [-0.4, -0.2) is 29.2 Å². The van der Waals surface area contributed by atoms with E-state index in [1.165, 1.54) is 0 Å². The Morgan fingerprint density at radius 3 is 2.65 bits per heavy atom. The molecule has 0 aliphatic rings. The molecule has 0 aliphatic heterocycles. The Balaban J connectivity index is 1.64. The lowest BCUT2D eigenvalue weighted by Crippen LogP contribution is -2.27. The van der Waals surface area contributed by atoms with Gasteiger partial charge in [0.05, 0.1) is 13.0 Å². The summed E-state index contributed by atoms with van der Waals surface area (Å²) in [6.07, 6.45) is 0.860. The fraction of sp³-hybridized carbons (Fsp3) is 0.471. The lowest BCUT2D eigenvalue weighted by Gasteiger charge is -2.10. The van der Waals surface area contributed by atoms with Crippen molar-refractivity contribution in [1.29, 1.82) is 0 Å². The highest BCUT2D eigenvalue weighted by molar-refractivity contribution is 5.75. The number of hydrogen-bond acceptors (Lipinski definition) is 5. The normalized spacial score (nSPS) is 11.3. The Morgan fingerprint density at radius 1 is 1.26 bits per heavy atom. The molecule has 0 saturated carbocycles. The first-order chi connectivity index (χ1) is 10.9. The second kappa shape index (κ2) is 7.76. The van der Waals surface area contributed by atoms with Crippen LogP contribution in [0.1, 0.15) is 38.9 Å². The number of ether oxygens (including phenoxy) is 1. The Labute approximate surface area is 136 Å². The number of carbonyl (C=O) groups is 1. The van der Waals surface area contributed by atoms with Crippen LogP contribution >= 0.6 is 0 Å². The average molecular weight is 317 g/mol. The van der Waals surface area contributed by atoms with Crippen LogP contribution in [0.25, 0.3) is 0 Å². The average Bonchev–Trinajstić information content (AvgIpc) is 2.97. The Bertz CT molecular complexity index is 618. The van der Waals surface area contributed by atoms with Gasteiger partial charge in [-0.1, -0.05) is 44.1 Å². The molecule has 2 rings (SSSR count). The number of nitrogens with zero attached hydrogens (tertiary/aromatic N) is 2. The molecule has 0 bridgehead atoms. The van der Waals surface area contributed by atoms with Crippen molar-refractivity contribution in [2.24, 2.45) is 0 Å². The SMILES string of the molecule is CC(C)(C)c1nc(CCNC(=O)CCOc2ccccc2)no1. The lowest BCUT2D eigenvalue weighted by atomic mass is 9.97. The van der Waals surface area contributed by atoms with E-state index in [4.69, 9.17) is 9.26 Å². The molecule has 0 atom stereocenters. The third-order valence-corrected chi connectivity index (χ3v) is 3.12. The van der Waals surface area contributed by atoms with Gasteiger partial charge >= 0.3 is 0 Å². The molecule has 23 heavy (non-hydrogen) atoms. The molecule has 6 heteroatoms. The van der Waals surface area contributed by atoms with Gasteiger partial charge in [-0.15, -0.1) is 0 Å². The third-order valence-electron chi connectivity index (χ3n) is 3.12. The number of hydrogen-bond donors (Lipinski definition) is 1. The second-order valence-electron chi connectivity index (χ2n) is 6.28. The topological polar surface area (TPSA) is 77.2 Å². The van der Waals surface area contributed by atoms with Gasteiger partial charge in [-0.2, -0.15) is 4.98 Å². The van der Waals surface area contributed by atoms with Crippen molar-refractivity contribution in [1.82, 2.24) is 15.5 Å². The van der Waals surface area contributed by atoms with E-state index in [1.807, 2.05) is 51.1 Å². The summed E-state index contributed by atoms with van der Waals surface area (Å²) in [5.41, 5.74) is -0.163. The number of rotatable bonds is 7. The molecule has 0 saturated heterocycles. The van der Waals surface area contributed by atoms with Gasteiger partial charge in [-0.25, -0.2) is 0 Å². The van der Waals surface area contributed by atoms with E-state index in [0.29, 0.717) is 37.7 Å². The highest BCUT2D eigenvalue weighted by Gasteiger charge is 2.21. The molecule has 0 aliphatic carbocycles. The predicted octanol–water partition coefficient (Wildman–Crippen LogP) is 2.49. The molecule has 0 radical (unpaired) electrons. The van der Waals surface area contributed by atoms with Gasteiger partial charge in [0.1, 0.15) is 5.75 Å². The Hall–Kier alpha value is -2.37. The molecule has 1 amide bonds. The van der Waals surface area contributed by atoms with Crippen molar-refractivity contribution in [2.75, 3.05) is 13.2 Å². The summed E-state index contributed by atoms with van der Waals surface area (Å²) in [5.74, 6) is 1.92. The second-order valence-corrected chi connectivity index (χ2v) is 6.28. The van der Waals surface area contributed by atoms with Crippen molar-refractivity contribution >= 4 is 5.91 Å². The smallest absolute Gasteiger partial charge is 0.232 e. The molecular formula is C17H23N3O3. The molecule has 0 unspecified atom stereocenters. The van der Waals surface area contributed by atoms with Gasteiger partial charge in [0.15, 0.2) is 5.82 Å². The Kier molecular flexibility index (Phi) is 5.73. The quantitative estimate of drug-likeness (QED) is 0.849. The van der Waals surface area contributed by atoms with Crippen LogP contribution in [0.2, 0.25) is 0 Å². The minimum Gasteiger partial charge on any atom is -0.493 e. The fourth-order valence-corrected chi connectivity index (χ4v) is 1.84. The van der Waals surface area contributed by atoms with Crippen molar-refractivity contribution in [3.8, 4) is 5.75 Å². The largest absolute Gasteiger partial charge is 0.493 e. The van der Waals surface area contributed by atoms with Gasteiger partial charge in [0, 0.05) is 18.4 Å². The predicted molar refractivity (Wildman–Crippen MR) is 86.3 cm³/mol. The standard InChI is InChI=1S/C17H23N3O3/c1-17(2,3)16-19-14(20-23-16)9-11-18-15(21)10-12-22-13-7-5-4-6-8-13/h4-8H,9-12H2,1-3H3,(H,18,21). The van der Waals surface area contributed by atoms with E-state index >= 15 is 0 Å². The minimum absolute atomic E-state index is 0.0551. The minimum atomic E-state index is -0.163. The van der Waals surface area contributed by atoms with Crippen LogP contribution in [0.5, 0.6) is 5.75 Å². The van der Waals surface area contributed by atoms with Crippen molar-refractivity contribution < 1.29 is 14.1 Å². The molecule has 1 aromatic carbocycles. The van der Waals surface area contributed by atoms with Gasteiger partial charge in [-0.3, -0.25) is 4.79 Å².